The monoisotopic (exact) mass is 214 g/mol. The topological polar surface area (TPSA) is 40.5 Å². The molecule has 0 atom stereocenters. The van der Waals surface area contributed by atoms with Crippen LogP contribution in [0.25, 0.3) is 11.1 Å². The van der Waals surface area contributed by atoms with E-state index >= 15 is 0 Å². The van der Waals surface area contributed by atoms with E-state index in [1.54, 1.807) is 0 Å². The summed E-state index contributed by atoms with van der Waals surface area (Å²) in [6.07, 6.45) is 0. The van der Waals surface area contributed by atoms with Gasteiger partial charge in [-0.25, -0.2) is 0 Å². The van der Waals surface area contributed by atoms with Gasteiger partial charge in [0.25, 0.3) is 0 Å². The fraction of sp³-hybridized carbons (Fsp3) is 0.143. The first-order valence-electron chi connectivity index (χ1n) is 5.21. The summed E-state index contributed by atoms with van der Waals surface area (Å²) in [6, 6.07) is 13.3. The minimum Gasteiger partial charge on any atom is -0.507 e. The molecule has 0 bridgehead atoms. The predicted molar refractivity (Wildman–Crippen MR) is 64.2 cm³/mol. The normalized spacial score (nSPS) is 10.4. The van der Waals surface area contributed by atoms with Crippen LogP contribution in [0.3, 0.4) is 0 Å². The molecular weight excluding hydrogens is 200 g/mol. The van der Waals surface area contributed by atoms with Crippen molar-refractivity contribution in [1.82, 2.24) is 0 Å². The fourth-order valence-corrected chi connectivity index (χ4v) is 1.80. The van der Waals surface area contributed by atoms with Crippen molar-refractivity contribution in [3.63, 3.8) is 0 Å². The Bertz CT molecular complexity index is 490. The highest BCUT2D eigenvalue weighted by Crippen LogP contribution is 2.35. The molecule has 0 saturated heterocycles. The molecular formula is C14H14O2. The Morgan fingerprint density at radius 1 is 1.00 bits per heavy atom. The Morgan fingerprint density at radius 2 is 1.69 bits per heavy atom. The first kappa shape index (κ1) is 10.7. The summed E-state index contributed by atoms with van der Waals surface area (Å²) in [5, 5.41) is 19.3. The van der Waals surface area contributed by atoms with Crippen LogP contribution in [0.15, 0.2) is 42.5 Å². The fourth-order valence-electron chi connectivity index (χ4n) is 1.80. The van der Waals surface area contributed by atoms with E-state index in [4.69, 9.17) is 0 Å². The molecule has 2 nitrogen and oxygen atoms in total. The second kappa shape index (κ2) is 4.37. The molecule has 0 radical (unpaired) electrons. The number of hydrogen-bond donors (Lipinski definition) is 2. The van der Waals surface area contributed by atoms with Gasteiger partial charge in [0.1, 0.15) is 5.75 Å². The molecule has 2 heteroatoms. The van der Waals surface area contributed by atoms with Crippen LogP contribution < -0.4 is 0 Å². The van der Waals surface area contributed by atoms with Crippen LogP contribution in [0.2, 0.25) is 0 Å². The Labute approximate surface area is 94.8 Å². The van der Waals surface area contributed by atoms with E-state index in [9.17, 15) is 10.2 Å². The van der Waals surface area contributed by atoms with Gasteiger partial charge in [0.15, 0.2) is 0 Å². The lowest BCUT2D eigenvalue weighted by atomic mass is 9.96. The molecule has 0 amide bonds. The molecule has 2 N–H and O–H groups in total. The highest BCUT2D eigenvalue weighted by atomic mass is 16.3. The van der Waals surface area contributed by atoms with Gasteiger partial charge in [0, 0.05) is 5.56 Å². The van der Waals surface area contributed by atoms with Crippen molar-refractivity contribution < 1.29 is 10.2 Å². The van der Waals surface area contributed by atoms with E-state index < -0.39 is 0 Å². The third-order valence-electron chi connectivity index (χ3n) is 2.70. The smallest absolute Gasteiger partial charge is 0.126 e. The summed E-state index contributed by atoms with van der Waals surface area (Å²) in [5.41, 5.74) is 3.21. The van der Waals surface area contributed by atoms with E-state index in [-0.39, 0.29) is 12.4 Å². The second-order valence-electron chi connectivity index (χ2n) is 3.79. The largest absolute Gasteiger partial charge is 0.507 e. The van der Waals surface area contributed by atoms with Crippen molar-refractivity contribution in [3.8, 4) is 16.9 Å². The van der Waals surface area contributed by atoms with E-state index in [2.05, 4.69) is 0 Å². The first-order valence-corrected chi connectivity index (χ1v) is 5.21. The minimum atomic E-state index is -0.0714. The number of aliphatic hydroxyl groups is 1. The summed E-state index contributed by atoms with van der Waals surface area (Å²) < 4.78 is 0. The zero-order chi connectivity index (χ0) is 11.5. The van der Waals surface area contributed by atoms with Crippen LogP contribution >= 0.6 is 0 Å². The summed E-state index contributed by atoms with van der Waals surface area (Å²) in [4.78, 5) is 0. The van der Waals surface area contributed by atoms with Crippen molar-refractivity contribution in [3.05, 3.63) is 53.6 Å². The van der Waals surface area contributed by atoms with Gasteiger partial charge in [0.05, 0.1) is 6.61 Å². The maximum atomic E-state index is 10.1. The number of aryl methyl sites for hydroxylation is 1. The van der Waals surface area contributed by atoms with Gasteiger partial charge < -0.3 is 10.2 Å². The number of aromatic hydroxyl groups is 1. The first-order chi connectivity index (χ1) is 7.74. The number of aliphatic hydroxyl groups excluding tert-OH is 1. The van der Waals surface area contributed by atoms with Gasteiger partial charge in [-0.3, -0.25) is 0 Å². The molecule has 0 heterocycles. The highest BCUT2D eigenvalue weighted by Gasteiger charge is 2.11. The number of phenols is 1. The predicted octanol–water partition coefficient (Wildman–Crippen LogP) is 2.86. The van der Waals surface area contributed by atoms with Crippen molar-refractivity contribution in [2.24, 2.45) is 0 Å². The molecule has 2 aromatic carbocycles. The van der Waals surface area contributed by atoms with Crippen molar-refractivity contribution in [2.75, 3.05) is 0 Å². The SMILES string of the molecule is Cc1ccc(CO)c(-c2ccccc2)c1O. The number of benzene rings is 2. The number of hydrogen-bond acceptors (Lipinski definition) is 2. The summed E-state index contributed by atoms with van der Waals surface area (Å²) in [7, 11) is 0. The minimum absolute atomic E-state index is 0.0714. The average Bonchev–Trinajstić information content (AvgIpc) is 2.33. The van der Waals surface area contributed by atoms with Crippen LogP contribution in [-0.4, -0.2) is 10.2 Å². The van der Waals surface area contributed by atoms with E-state index in [0.717, 1.165) is 22.3 Å². The lowest BCUT2D eigenvalue weighted by Crippen LogP contribution is -1.91. The van der Waals surface area contributed by atoms with Crippen LogP contribution in [0, 0.1) is 6.92 Å². The Balaban J connectivity index is 2.67. The van der Waals surface area contributed by atoms with Crippen molar-refractivity contribution in [2.45, 2.75) is 13.5 Å². The van der Waals surface area contributed by atoms with Gasteiger partial charge in [-0.05, 0) is 23.6 Å². The van der Waals surface area contributed by atoms with Gasteiger partial charge in [-0.15, -0.1) is 0 Å². The molecule has 0 aliphatic heterocycles. The Kier molecular flexibility index (Phi) is 2.93. The molecule has 0 aromatic heterocycles. The molecule has 2 rings (SSSR count). The van der Waals surface area contributed by atoms with E-state index in [1.807, 2.05) is 49.4 Å². The highest BCUT2D eigenvalue weighted by molar-refractivity contribution is 5.75. The molecule has 0 aliphatic rings. The quantitative estimate of drug-likeness (QED) is 0.807. The molecule has 82 valence electrons. The maximum Gasteiger partial charge on any atom is 0.126 e. The standard InChI is InChI=1S/C14H14O2/c1-10-7-8-12(9-15)13(14(10)16)11-5-3-2-4-6-11/h2-8,15-16H,9H2,1H3. The van der Waals surface area contributed by atoms with E-state index in [1.165, 1.54) is 0 Å². The second-order valence-corrected chi connectivity index (χ2v) is 3.79. The van der Waals surface area contributed by atoms with Crippen molar-refractivity contribution >= 4 is 0 Å². The Hall–Kier alpha value is -1.80. The average molecular weight is 214 g/mol. The molecule has 0 fully saturated rings. The van der Waals surface area contributed by atoms with Gasteiger partial charge >= 0.3 is 0 Å². The van der Waals surface area contributed by atoms with Crippen LogP contribution in [0.5, 0.6) is 5.75 Å². The van der Waals surface area contributed by atoms with E-state index in [0.29, 0.717) is 0 Å². The third-order valence-corrected chi connectivity index (χ3v) is 2.70. The summed E-state index contributed by atoms with van der Waals surface area (Å²) in [6.45, 7) is 1.78. The third kappa shape index (κ3) is 1.79. The van der Waals surface area contributed by atoms with Crippen LogP contribution in [0.4, 0.5) is 0 Å². The molecule has 0 saturated carbocycles. The lowest BCUT2D eigenvalue weighted by Gasteiger charge is -2.12. The van der Waals surface area contributed by atoms with Gasteiger partial charge in [0.2, 0.25) is 0 Å². The Morgan fingerprint density at radius 3 is 2.31 bits per heavy atom. The van der Waals surface area contributed by atoms with Gasteiger partial charge in [-0.1, -0.05) is 42.5 Å². The summed E-state index contributed by atoms with van der Waals surface area (Å²) >= 11 is 0. The molecule has 0 unspecified atom stereocenters. The van der Waals surface area contributed by atoms with Crippen LogP contribution in [0.1, 0.15) is 11.1 Å². The molecule has 16 heavy (non-hydrogen) atoms. The zero-order valence-electron chi connectivity index (χ0n) is 9.14. The van der Waals surface area contributed by atoms with Gasteiger partial charge in [-0.2, -0.15) is 0 Å². The van der Waals surface area contributed by atoms with Crippen LogP contribution in [-0.2, 0) is 6.61 Å². The van der Waals surface area contributed by atoms with Crippen molar-refractivity contribution in [1.29, 1.82) is 0 Å². The molecule has 0 aliphatic carbocycles. The molecule has 2 aromatic rings. The maximum absolute atomic E-state index is 10.1. The number of phenolic OH excluding ortho intramolecular Hbond substituents is 1. The molecule has 0 spiro atoms. The zero-order valence-corrected chi connectivity index (χ0v) is 9.14. The number of rotatable bonds is 2. The lowest BCUT2D eigenvalue weighted by molar-refractivity contribution is 0.282. The summed E-state index contributed by atoms with van der Waals surface area (Å²) in [5.74, 6) is 0.248.